The molecule has 2 N–H and O–H groups in total. The van der Waals surface area contributed by atoms with E-state index < -0.39 is 6.10 Å². The fourth-order valence-corrected chi connectivity index (χ4v) is 5.43. The molecule has 3 aromatic rings. The fraction of sp³-hybridized carbons (Fsp3) is 0.480. The van der Waals surface area contributed by atoms with Crippen LogP contribution in [0, 0.1) is 0 Å². The van der Waals surface area contributed by atoms with Crippen LogP contribution in [-0.2, 0) is 0 Å². The van der Waals surface area contributed by atoms with Crippen LogP contribution in [0.25, 0.3) is 11.0 Å². The Balaban J connectivity index is 0.00000274. The molecule has 1 saturated heterocycles. The Morgan fingerprint density at radius 2 is 1.94 bits per heavy atom. The molecule has 2 aliphatic rings. The molecule has 7 nitrogen and oxygen atoms in total. The van der Waals surface area contributed by atoms with E-state index >= 15 is 0 Å². The van der Waals surface area contributed by atoms with Crippen LogP contribution < -0.4 is 15.2 Å². The normalized spacial score (nSPS) is 21.0. The first-order chi connectivity index (χ1) is 15.8. The lowest BCUT2D eigenvalue weighted by molar-refractivity contribution is 0.0536. The third-order valence-electron chi connectivity index (χ3n) is 6.70. The van der Waals surface area contributed by atoms with Crippen molar-refractivity contribution in [2.45, 2.75) is 49.3 Å². The number of nitrogens with one attached hydrogen (secondary N) is 1. The summed E-state index contributed by atoms with van der Waals surface area (Å²) in [6, 6.07) is 13.9. The molecule has 2 aliphatic heterocycles. The minimum absolute atomic E-state index is 0. The fourth-order valence-electron chi connectivity index (χ4n) is 4.98. The highest BCUT2D eigenvalue weighted by Crippen LogP contribution is 2.51. The van der Waals surface area contributed by atoms with Gasteiger partial charge < -0.3 is 24.5 Å². The van der Waals surface area contributed by atoms with Crippen LogP contribution in [0.3, 0.4) is 0 Å². The maximum absolute atomic E-state index is 12.5. The second kappa shape index (κ2) is 9.93. The number of β-amino-alcohol motifs (C(OH)–C–C–N with tert-alkyl or cyclic N) is 1. The molecule has 5 rings (SSSR count). The van der Waals surface area contributed by atoms with Crippen molar-refractivity contribution in [2.75, 3.05) is 26.2 Å². The number of ether oxygens (including phenoxy) is 2. The zero-order valence-electron chi connectivity index (χ0n) is 19.4. The van der Waals surface area contributed by atoms with Crippen LogP contribution in [0.5, 0.6) is 11.5 Å². The molecule has 0 saturated carbocycles. The van der Waals surface area contributed by atoms with Gasteiger partial charge in [-0.25, -0.2) is 4.79 Å². The molecule has 0 bridgehead atoms. The summed E-state index contributed by atoms with van der Waals surface area (Å²) >= 11 is 3.72. The van der Waals surface area contributed by atoms with Crippen molar-refractivity contribution in [1.82, 2.24) is 14.5 Å². The highest BCUT2D eigenvalue weighted by Gasteiger charge is 2.41. The molecule has 2 atom stereocenters. The maximum atomic E-state index is 12.5. The molecular formula is C25H31BrClN3O4. The maximum Gasteiger partial charge on any atom is 0.326 e. The number of imidazole rings is 1. The minimum Gasteiger partial charge on any atom is -0.487 e. The molecule has 0 amide bonds. The number of fused-ring (bicyclic) bond motifs is 2. The van der Waals surface area contributed by atoms with Crippen molar-refractivity contribution < 1.29 is 14.6 Å². The average molecular weight is 553 g/mol. The number of aromatic nitrogens is 2. The van der Waals surface area contributed by atoms with Gasteiger partial charge in [0.2, 0.25) is 0 Å². The van der Waals surface area contributed by atoms with Gasteiger partial charge in [0, 0.05) is 31.2 Å². The van der Waals surface area contributed by atoms with E-state index in [0.717, 1.165) is 48.3 Å². The number of hydrogen-bond acceptors (Lipinski definition) is 5. The molecule has 0 radical (unpaired) electrons. The van der Waals surface area contributed by atoms with Gasteiger partial charge in [0.15, 0.2) is 11.5 Å². The SMILES string of the molecule is CC1(C)Oc2c(OCC(O)CN3CCC(n4c(=O)[nH]c5ccccc54)CC3)cccc2[C@@H]1Br.Cl. The summed E-state index contributed by atoms with van der Waals surface area (Å²) in [6.45, 7) is 6.49. The first kappa shape index (κ1) is 25.1. The van der Waals surface area contributed by atoms with Crippen LogP contribution >= 0.6 is 28.3 Å². The Morgan fingerprint density at radius 3 is 2.71 bits per heavy atom. The number of alkyl halides is 1. The third-order valence-corrected chi connectivity index (χ3v) is 8.30. The van der Waals surface area contributed by atoms with Gasteiger partial charge in [-0.05, 0) is 44.9 Å². The van der Waals surface area contributed by atoms with Gasteiger partial charge in [-0.3, -0.25) is 4.57 Å². The zero-order valence-corrected chi connectivity index (χ0v) is 21.8. The van der Waals surface area contributed by atoms with Gasteiger partial charge in [-0.2, -0.15) is 0 Å². The third kappa shape index (κ3) is 4.73. The van der Waals surface area contributed by atoms with Gasteiger partial charge in [0.25, 0.3) is 0 Å². The molecule has 1 aromatic heterocycles. The molecule has 2 aromatic carbocycles. The van der Waals surface area contributed by atoms with Crippen LogP contribution in [0.1, 0.15) is 43.1 Å². The van der Waals surface area contributed by atoms with E-state index in [1.54, 1.807) is 0 Å². The zero-order chi connectivity index (χ0) is 23.2. The van der Waals surface area contributed by atoms with Crippen molar-refractivity contribution in [2.24, 2.45) is 0 Å². The van der Waals surface area contributed by atoms with Crippen LogP contribution in [0.15, 0.2) is 47.3 Å². The monoisotopic (exact) mass is 551 g/mol. The summed E-state index contributed by atoms with van der Waals surface area (Å²) < 4.78 is 14.0. The lowest BCUT2D eigenvalue weighted by Gasteiger charge is -2.33. The Labute approximate surface area is 213 Å². The Bertz CT molecular complexity index is 1200. The predicted octanol–water partition coefficient (Wildman–Crippen LogP) is 4.44. The van der Waals surface area contributed by atoms with E-state index in [9.17, 15) is 9.90 Å². The van der Waals surface area contributed by atoms with E-state index in [2.05, 4.69) is 25.8 Å². The van der Waals surface area contributed by atoms with E-state index in [-0.39, 0.29) is 41.2 Å². The second-order valence-corrected chi connectivity index (χ2v) is 10.5. The number of H-pyrrole nitrogens is 1. The summed E-state index contributed by atoms with van der Waals surface area (Å²) in [4.78, 5) is 17.8. The quantitative estimate of drug-likeness (QED) is 0.442. The number of hydrogen-bond donors (Lipinski definition) is 2. The van der Waals surface area contributed by atoms with Gasteiger partial charge >= 0.3 is 5.69 Å². The van der Waals surface area contributed by atoms with E-state index in [1.807, 2.05) is 60.9 Å². The Morgan fingerprint density at radius 1 is 1.21 bits per heavy atom. The number of benzene rings is 2. The molecule has 1 unspecified atom stereocenters. The molecule has 3 heterocycles. The summed E-state index contributed by atoms with van der Waals surface area (Å²) in [7, 11) is 0. The van der Waals surface area contributed by atoms with E-state index in [0.29, 0.717) is 12.3 Å². The molecule has 0 aliphatic carbocycles. The average Bonchev–Trinajstić information content (AvgIpc) is 3.25. The minimum atomic E-state index is -0.609. The van der Waals surface area contributed by atoms with E-state index in [4.69, 9.17) is 9.47 Å². The van der Waals surface area contributed by atoms with Crippen molar-refractivity contribution in [1.29, 1.82) is 0 Å². The van der Waals surface area contributed by atoms with Crippen LogP contribution in [-0.4, -0.2) is 57.5 Å². The standard InChI is InChI=1S/C25H30BrN3O4.ClH/c1-25(2)23(26)18-6-5-9-21(22(18)33-25)32-15-17(30)14-28-12-10-16(11-13-28)29-20-8-4-3-7-19(20)27-24(29)31;/h3-9,16-17,23,30H,10-15H2,1-2H3,(H,27,31);1H/t17?,23-;/m0./s1. The van der Waals surface area contributed by atoms with Crippen LogP contribution in [0.2, 0.25) is 0 Å². The highest BCUT2D eigenvalue weighted by molar-refractivity contribution is 9.09. The lowest BCUT2D eigenvalue weighted by Crippen LogP contribution is -2.42. The van der Waals surface area contributed by atoms with Gasteiger partial charge in [-0.1, -0.05) is 40.2 Å². The summed E-state index contributed by atoms with van der Waals surface area (Å²) in [5, 5.41) is 10.6. The number of aromatic amines is 1. The van der Waals surface area contributed by atoms with Gasteiger partial charge in [0.05, 0.1) is 15.9 Å². The van der Waals surface area contributed by atoms with Crippen molar-refractivity contribution in [3.8, 4) is 11.5 Å². The van der Waals surface area contributed by atoms with Crippen molar-refractivity contribution >= 4 is 39.4 Å². The number of piperidine rings is 1. The number of nitrogens with zero attached hydrogens (tertiary/aromatic N) is 2. The Hall–Kier alpha value is -2.00. The number of para-hydroxylation sites is 3. The first-order valence-corrected chi connectivity index (χ1v) is 12.4. The largest absolute Gasteiger partial charge is 0.487 e. The molecule has 34 heavy (non-hydrogen) atoms. The van der Waals surface area contributed by atoms with Crippen molar-refractivity contribution in [3.63, 3.8) is 0 Å². The Kier molecular flexibility index (Phi) is 7.33. The topological polar surface area (TPSA) is 79.7 Å². The molecule has 1 fully saturated rings. The lowest BCUT2D eigenvalue weighted by atomic mass is 10.0. The molecule has 184 valence electrons. The van der Waals surface area contributed by atoms with Gasteiger partial charge in [0.1, 0.15) is 18.3 Å². The number of halogens is 2. The number of rotatable bonds is 6. The summed E-state index contributed by atoms with van der Waals surface area (Å²) in [6.07, 6.45) is 1.14. The van der Waals surface area contributed by atoms with Crippen molar-refractivity contribution in [3.05, 3.63) is 58.5 Å². The van der Waals surface area contributed by atoms with Crippen LogP contribution in [0.4, 0.5) is 0 Å². The first-order valence-electron chi connectivity index (χ1n) is 11.5. The summed E-state index contributed by atoms with van der Waals surface area (Å²) in [5.41, 5.74) is 2.51. The second-order valence-electron chi connectivity index (χ2n) is 9.56. The smallest absolute Gasteiger partial charge is 0.326 e. The predicted molar refractivity (Wildman–Crippen MR) is 139 cm³/mol. The number of likely N-dealkylation sites (tertiary alicyclic amines) is 1. The molecule has 0 spiro atoms. The highest BCUT2D eigenvalue weighted by atomic mass is 79.9. The molecule has 9 heteroatoms. The molecular weight excluding hydrogens is 522 g/mol. The number of aliphatic hydroxyl groups excluding tert-OH is 1. The number of aliphatic hydroxyl groups is 1. The summed E-state index contributed by atoms with van der Waals surface area (Å²) in [5.74, 6) is 1.42. The van der Waals surface area contributed by atoms with Gasteiger partial charge in [-0.15, -0.1) is 12.4 Å². The van der Waals surface area contributed by atoms with E-state index in [1.165, 1.54) is 0 Å².